The zero-order valence-corrected chi connectivity index (χ0v) is 15.6. The molecule has 0 spiro atoms. The molecule has 136 valence electrons. The van der Waals surface area contributed by atoms with E-state index < -0.39 is 0 Å². The van der Waals surface area contributed by atoms with Gasteiger partial charge >= 0.3 is 0 Å². The highest BCUT2D eigenvalue weighted by atomic mass is 16.5. The number of aryl methyl sites for hydroxylation is 1. The number of nitrogens with one attached hydrogen (secondary N) is 2. The zero-order valence-electron chi connectivity index (χ0n) is 15.6. The van der Waals surface area contributed by atoms with Crippen LogP contribution in [0.1, 0.15) is 37.4 Å². The van der Waals surface area contributed by atoms with E-state index in [1.54, 1.807) is 7.11 Å². The summed E-state index contributed by atoms with van der Waals surface area (Å²) < 4.78 is 5.22. The molecule has 0 aliphatic rings. The second-order valence-corrected chi connectivity index (χ2v) is 6.92. The number of methoxy groups -OCH3 is 1. The van der Waals surface area contributed by atoms with Crippen LogP contribution in [0.25, 0.3) is 10.9 Å². The predicted octanol–water partition coefficient (Wildman–Crippen LogP) is 4.62. The fourth-order valence-corrected chi connectivity index (χ4v) is 3.28. The van der Waals surface area contributed by atoms with Crippen LogP contribution in [0.15, 0.2) is 54.7 Å². The molecule has 1 aromatic heterocycles. The van der Waals surface area contributed by atoms with Crippen LogP contribution >= 0.6 is 0 Å². The monoisotopic (exact) mass is 350 g/mol. The Morgan fingerprint density at radius 1 is 1.12 bits per heavy atom. The van der Waals surface area contributed by atoms with Gasteiger partial charge < -0.3 is 15.0 Å². The number of H-pyrrole nitrogens is 1. The lowest BCUT2D eigenvalue weighted by atomic mass is 9.95. The second-order valence-electron chi connectivity index (χ2n) is 6.92. The largest absolute Gasteiger partial charge is 0.497 e. The van der Waals surface area contributed by atoms with Gasteiger partial charge in [-0.3, -0.25) is 4.79 Å². The topological polar surface area (TPSA) is 54.1 Å². The Hall–Kier alpha value is -2.75. The number of fused-ring (bicyclic) bond motifs is 1. The second kappa shape index (κ2) is 8.09. The van der Waals surface area contributed by atoms with Gasteiger partial charge in [-0.25, -0.2) is 0 Å². The molecule has 0 saturated heterocycles. The summed E-state index contributed by atoms with van der Waals surface area (Å²) >= 11 is 0. The van der Waals surface area contributed by atoms with Gasteiger partial charge in [-0.05, 0) is 41.7 Å². The molecule has 3 rings (SSSR count). The molecule has 0 aliphatic carbocycles. The van der Waals surface area contributed by atoms with Crippen molar-refractivity contribution in [2.75, 3.05) is 7.11 Å². The number of benzene rings is 2. The minimum Gasteiger partial charge on any atom is -0.497 e. The number of ether oxygens (including phenoxy) is 1. The van der Waals surface area contributed by atoms with E-state index in [9.17, 15) is 4.79 Å². The smallest absolute Gasteiger partial charge is 0.220 e. The first-order valence-electron chi connectivity index (χ1n) is 9.07. The van der Waals surface area contributed by atoms with Crippen LogP contribution in [0.5, 0.6) is 5.75 Å². The molecule has 1 amide bonds. The van der Waals surface area contributed by atoms with Gasteiger partial charge in [0.2, 0.25) is 5.91 Å². The van der Waals surface area contributed by atoms with E-state index in [-0.39, 0.29) is 11.9 Å². The summed E-state index contributed by atoms with van der Waals surface area (Å²) in [5, 5.41) is 4.38. The van der Waals surface area contributed by atoms with Crippen molar-refractivity contribution in [3.05, 3.63) is 65.9 Å². The molecule has 0 saturated carbocycles. The number of rotatable bonds is 7. The van der Waals surface area contributed by atoms with Gasteiger partial charge in [-0.15, -0.1) is 0 Å². The first-order valence-corrected chi connectivity index (χ1v) is 9.07. The Morgan fingerprint density at radius 2 is 1.85 bits per heavy atom. The van der Waals surface area contributed by atoms with Crippen LogP contribution in [-0.2, 0) is 11.2 Å². The fraction of sp³-hybridized carbons (Fsp3) is 0.318. The van der Waals surface area contributed by atoms with Gasteiger partial charge in [0.25, 0.3) is 0 Å². The van der Waals surface area contributed by atoms with Crippen LogP contribution in [0.4, 0.5) is 0 Å². The third-order valence-corrected chi connectivity index (χ3v) is 4.75. The summed E-state index contributed by atoms with van der Waals surface area (Å²) in [6.07, 6.45) is 3.20. The van der Waals surface area contributed by atoms with Crippen molar-refractivity contribution in [1.29, 1.82) is 0 Å². The predicted molar refractivity (Wildman–Crippen MR) is 105 cm³/mol. The lowest BCUT2D eigenvalue weighted by Gasteiger charge is -2.23. The molecule has 1 unspecified atom stereocenters. The maximum atomic E-state index is 12.5. The number of amides is 1. The first kappa shape index (κ1) is 18.1. The Labute approximate surface area is 154 Å². The fourth-order valence-electron chi connectivity index (χ4n) is 3.28. The lowest BCUT2D eigenvalue weighted by Crippen LogP contribution is -2.31. The molecule has 3 aromatic rings. The van der Waals surface area contributed by atoms with E-state index in [0.29, 0.717) is 12.3 Å². The summed E-state index contributed by atoms with van der Waals surface area (Å²) in [5.41, 5.74) is 3.39. The lowest BCUT2D eigenvalue weighted by molar-refractivity contribution is -0.122. The molecule has 0 radical (unpaired) electrons. The highest BCUT2D eigenvalue weighted by molar-refractivity contribution is 5.84. The van der Waals surface area contributed by atoms with Gasteiger partial charge in [-0.1, -0.05) is 44.2 Å². The van der Waals surface area contributed by atoms with Crippen molar-refractivity contribution >= 4 is 16.8 Å². The van der Waals surface area contributed by atoms with Crippen molar-refractivity contribution in [2.24, 2.45) is 5.92 Å². The van der Waals surface area contributed by atoms with Crippen LogP contribution < -0.4 is 10.1 Å². The highest BCUT2D eigenvalue weighted by Gasteiger charge is 2.18. The zero-order chi connectivity index (χ0) is 18.5. The number of aromatic nitrogens is 1. The van der Waals surface area contributed by atoms with Gasteiger partial charge in [0.15, 0.2) is 0 Å². The van der Waals surface area contributed by atoms with E-state index in [1.165, 1.54) is 10.9 Å². The minimum atomic E-state index is -0.00336. The molecule has 2 aromatic carbocycles. The third-order valence-electron chi connectivity index (χ3n) is 4.75. The SMILES string of the molecule is COc1ccc(C(NC(=O)CCc2c[nH]c3ccccc23)C(C)C)cc1. The molecule has 1 atom stereocenters. The van der Waals surface area contributed by atoms with Crippen molar-refractivity contribution in [1.82, 2.24) is 10.3 Å². The van der Waals surface area contributed by atoms with E-state index in [1.807, 2.05) is 42.6 Å². The van der Waals surface area contributed by atoms with Gasteiger partial charge in [0.1, 0.15) is 5.75 Å². The normalized spacial score (nSPS) is 12.3. The minimum absolute atomic E-state index is 0.00336. The van der Waals surface area contributed by atoms with Crippen molar-refractivity contribution in [2.45, 2.75) is 32.7 Å². The molecular formula is C22H26N2O2. The third kappa shape index (κ3) is 4.07. The van der Waals surface area contributed by atoms with E-state index in [4.69, 9.17) is 4.74 Å². The summed E-state index contributed by atoms with van der Waals surface area (Å²) in [7, 11) is 1.65. The average Bonchev–Trinajstić information content (AvgIpc) is 3.07. The van der Waals surface area contributed by atoms with E-state index >= 15 is 0 Å². The summed E-state index contributed by atoms with van der Waals surface area (Å²) in [4.78, 5) is 15.8. The average molecular weight is 350 g/mol. The number of carbonyl (C=O) groups excluding carboxylic acids is 1. The van der Waals surface area contributed by atoms with Crippen LogP contribution in [0.2, 0.25) is 0 Å². The maximum Gasteiger partial charge on any atom is 0.220 e. The first-order chi connectivity index (χ1) is 12.6. The summed E-state index contributed by atoms with van der Waals surface area (Å²) in [5.74, 6) is 1.20. The number of para-hydroxylation sites is 1. The Kier molecular flexibility index (Phi) is 5.61. The molecule has 2 N–H and O–H groups in total. The van der Waals surface area contributed by atoms with Gasteiger partial charge in [-0.2, -0.15) is 0 Å². The summed E-state index contributed by atoms with van der Waals surface area (Å²) in [6, 6.07) is 16.1. The van der Waals surface area contributed by atoms with Crippen molar-refractivity contribution in [3.63, 3.8) is 0 Å². The maximum absolute atomic E-state index is 12.5. The molecule has 1 heterocycles. The van der Waals surface area contributed by atoms with Crippen LogP contribution in [-0.4, -0.2) is 18.0 Å². The van der Waals surface area contributed by atoms with Gasteiger partial charge in [0, 0.05) is 23.5 Å². The molecule has 0 fully saturated rings. The Morgan fingerprint density at radius 3 is 2.54 bits per heavy atom. The standard InChI is InChI=1S/C22H26N2O2/c1-15(2)22(16-8-11-18(26-3)12-9-16)24-21(25)13-10-17-14-23-20-7-5-4-6-19(17)20/h4-9,11-12,14-15,22-23H,10,13H2,1-3H3,(H,24,25). The number of carbonyl (C=O) groups is 1. The molecule has 0 aliphatic heterocycles. The van der Waals surface area contributed by atoms with Crippen LogP contribution in [0.3, 0.4) is 0 Å². The summed E-state index contributed by atoms with van der Waals surface area (Å²) in [6.45, 7) is 4.24. The quantitative estimate of drug-likeness (QED) is 0.653. The van der Waals surface area contributed by atoms with E-state index in [0.717, 1.165) is 23.3 Å². The molecular weight excluding hydrogens is 324 g/mol. The Balaban J connectivity index is 1.64. The van der Waals surface area contributed by atoms with Crippen molar-refractivity contribution in [3.8, 4) is 5.75 Å². The number of hydrogen-bond acceptors (Lipinski definition) is 2. The number of hydrogen-bond donors (Lipinski definition) is 2. The Bertz CT molecular complexity index is 865. The molecule has 0 bridgehead atoms. The molecule has 4 heteroatoms. The molecule has 4 nitrogen and oxygen atoms in total. The van der Waals surface area contributed by atoms with E-state index in [2.05, 4.69) is 36.3 Å². The van der Waals surface area contributed by atoms with Crippen molar-refractivity contribution < 1.29 is 9.53 Å². The molecule has 26 heavy (non-hydrogen) atoms. The van der Waals surface area contributed by atoms with Crippen LogP contribution in [0, 0.1) is 5.92 Å². The van der Waals surface area contributed by atoms with Gasteiger partial charge in [0.05, 0.1) is 13.2 Å². The number of aromatic amines is 1. The highest BCUT2D eigenvalue weighted by Crippen LogP contribution is 2.24.